The van der Waals surface area contributed by atoms with Gasteiger partial charge in [-0.05, 0) is 13.8 Å². The van der Waals surface area contributed by atoms with Gasteiger partial charge in [0.2, 0.25) is 10.4 Å². The van der Waals surface area contributed by atoms with Crippen molar-refractivity contribution in [1.29, 1.82) is 0 Å². The van der Waals surface area contributed by atoms with Crippen molar-refractivity contribution >= 4 is 10.4 Å². The minimum atomic E-state index is -4.47. The minimum absolute atomic E-state index is 0. The summed E-state index contributed by atoms with van der Waals surface area (Å²) < 4.78 is 32.8. The summed E-state index contributed by atoms with van der Waals surface area (Å²) in [6.45, 7) is 2.94. The molecule has 4 nitrogen and oxygen atoms in total. The van der Waals surface area contributed by atoms with E-state index in [1.807, 2.05) is 0 Å². The first-order chi connectivity index (χ1) is 3.42. The maximum absolute atomic E-state index is 9.66. The summed E-state index contributed by atoms with van der Waals surface area (Å²) in [4.78, 5) is 0. The maximum Gasteiger partial charge on any atom is 1.00 e. The molecule has 0 aliphatic carbocycles. The van der Waals surface area contributed by atoms with Crippen LogP contribution in [-0.4, -0.2) is 19.1 Å². The molecule has 0 atom stereocenters. The van der Waals surface area contributed by atoms with E-state index in [1.165, 1.54) is 13.8 Å². The van der Waals surface area contributed by atoms with Crippen LogP contribution in [0, 0.1) is 0 Å². The molecule has 0 aromatic rings. The van der Waals surface area contributed by atoms with Crippen LogP contribution in [-0.2, 0) is 14.6 Å². The first-order valence-corrected chi connectivity index (χ1v) is 3.39. The summed E-state index contributed by atoms with van der Waals surface area (Å²) in [6, 6.07) is 0. The van der Waals surface area contributed by atoms with E-state index in [0.717, 1.165) is 0 Å². The first kappa shape index (κ1) is 12.5. The van der Waals surface area contributed by atoms with E-state index in [1.54, 1.807) is 0 Å². The summed E-state index contributed by atoms with van der Waals surface area (Å²) in [6.07, 6.45) is -0.558. The summed E-state index contributed by atoms with van der Waals surface area (Å²) in [5, 5.41) is 0. The van der Waals surface area contributed by atoms with Crippen LogP contribution in [0.5, 0.6) is 0 Å². The predicted octanol–water partition coefficient (Wildman–Crippen LogP) is -3.12. The van der Waals surface area contributed by atoms with Crippen LogP contribution in [0.2, 0.25) is 0 Å². The largest absolute Gasteiger partial charge is 1.00 e. The second-order valence-corrected chi connectivity index (χ2v) is 2.56. The Morgan fingerprint density at radius 1 is 1.44 bits per heavy atom. The first-order valence-electron chi connectivity index (χ1n) is 2.06. The maximum atomic E-state index is 9.66. The second-order valence-electron chi connectivity index (χ2n) is 1.55. The quantitative estimate of drug-likeness (QED) is 0.245. The van der Waals surface area contributed by atoms with Gasteiger partial charge in [-0.25, -0.2) is 8.42 Å². The molecule has 0 amide bonds. The molecule has 0 aliphatic heterocycles. The van der Waals surface area contributed by atoms with Crippen molar-refractivity contribution in [2.24, 2.45) is 0 Å². The van der Waals surface area contributed by atoms with E-state index in [4.69, 9.17) is 0 Å². The Bertz CT molecular complexity index is 149. The van der Waals surface area contributed by atoms with Crippen molar-refractivity contribution in [3.8, 4) is 0 Å². The van der Waals surface area contributed by atoms with E-state index in [-0.39, 0.29) is 29.6 Å². The van der Waals surface area contributed by atoms with E-state index in [2.05, 4.69) is 4.18 Å². The van der Waals surface area contributed by atoms with Gasteiger partial charge >= 0.3 is 29.6 Å². The zero-order valence-electron chi connectivity index (χ0n) is 5.62. The third kappa shape index (κ3) is 12.1. The zero-order valence-corrected chi connectivity index (χ0v) is 8.44. The van der Waals surface area contributed by atoms with Crippen LogP contribution in [0.4, 0.5) is 0 Å². The van der Waals surface area contributed by atoms with Gasteiger partial charge in [-0.3, -0.25) is 4.18 Å². The third-order valence-corrected chi connectivity index (χ3v) is 0.931. The van der Waals surface area contributed by atoms with Gasteiger partial charge in [0.15, 0.2) is 0 Å². The van der Waals surface area contributed by atoms with Crippen LogP contribution in [0.3, 0.4) is 0 Å². The van der Waals surface area contributed by atoms with Crippen LogP contribution in [0.1, 0.15) is 13.8 Å². The number of hydrogen-bond donors (Lipinski definition) is 0. The van der Waals surface area contributed by atoms with Crippen LogP contribution < -0.4 is 29.6 Å². The Labute approximate surface area is 76.8 Å². The van der Waals surface area contributed by atoms with Gasteiger partial charge in [0.25, 0.3) is 0 Å². The van der Waals surface area contributed by atoms with E-state index >= 15 is 0 Å². The molecular formula is C3H7NaO4S. The Balaban J connectivity index is 0. The van der Waals surface area contributed by atoms with Crippen molar-refractivity contribution in [3.05, 3.63) is 0 Å². The van der Waals surface area contributed by atoms with Gasteiger partial charge in [-0.1, -0.05) is 0 Å². The van der Waals surface area contributed by atoms with Gasteiger partial charge in [-0.2, -0.15) is 0 Å². The molecule has 9 heavy (non-hydrogen) atoms. The van der Waals surface area contributed by atoms with Crippen LogP contribution in [0.15, 0.2) is 0 Å². The molecule has 0 radical (unpaired) electrons. The average molecular weight is 162 g/mol. The minimum Gasteiger partial charge on any atom is -0.726 e. The normalized spacial score (nSPS) is 11.1. The summed E-state index contributed by atoms with van der Waals surface area (Å²) >= 11 is 0. The second kappa shape index (κ2) is 4.65. The van der Waals surface area contributed by atoms with Gasteiger partial charge < -0.3 is 4.55 Å². The van der Waals surface area contributed by atoms with Crippen molar-refractivity contribution < 1.29 is 46.7 Å². The monoisotopic (exact) mass is 162 g/mol. The van der Waals surface area contributed by atoms with Gasteiger partial charge in [-0.15, -0.1) is 0 Å². The molecule has 0 aromatic heterocycles. The molecular weight excluding hydrogens is 155 g/mol. The van der Waals surface area contributed by atoms with Crippen LogP contribution >= 0.6 is 0 Å². The van der Waals surface area contributed by atoms with Gasteiger partial charge in [0.1, 0.15) is 0 Å². The predicted molar refractivity (Wildman–Crippen MR) is 25.9 cm³/mol. The summed E-state index contributed by atoms with van der Waals surface area (Å²) in [5.74, 6) is 0. The molecule has 0 bridgehead atoms. The molecule has 0 saturated carbocycles. The fourth-order valence-corrected chi connectivity index (χ4v) is 0.707. The molecule has 0 fully saturated rings. The molecule has 0 saturated heterocycles. The summed E-state index contributed by atoms with van der Waals surface area (Å²) in [7, 11) is -4.47. The van der Waals surface area contributed by atoms with Gasteiger partial charge in [0, 0.05) is 0 Å². The SMILES string of the molecule is CC(C)OS(=O)(=O)[O-].[Na+]. The molecule has 50 valence electrons. The smallest absolute Gasteiger partial charge is 0.726 e. The molecule has 0 N–H and O–H groups in total. The molecule has 0 heterocycles. The molecule has 0 unspecified atom stereocenters. The van der Waals surface area contributed by atoms with Crippen molar-refractivity contribution in [2.45, 2.75) is 20.0 Å². The van der Waals surface area contributed by atoms with Crippen molar-refractivity contribution in [1.82, 2.24) is 0 Å². The van der Waals surface area contributed by atoms with E-state index in [9.17, 15) is 13.0 Å². The number of rotatable bonds is 2. The molecule has 6 heteroatoms. The average Bonchev–Trinajstić information content (AvgIpc) is 1.21. The van der Waals surface area contributed by atoms with E-state index < -0.39 is 16.5 Å². The number of hydrogen-bond acceptors (Lipinski definition) is 4. The van der Waals surface area contributed by atoms with Crippen LogP contribution in [0.25, 0.3) is 0 Å². The molecule has 0 rings (SSSR count). The van der Waals surface area contributed by atoms with E-state index in [0.29, 0.717) is 0 Å². The standard InChI is InChI=1S/C3H8O4S.Na/c1-3(2)7-8(4,5)6;/h3H,1-2H3,(H,4,5,6);/q;+1/p-1. The fourth-order valence-electron chi connectivity index (χ4n) is 0.236. The molecule has 0 spiro atoms. The molecule has 0 aromatic carbocycles. The summed E-state index contributed by atoms with van der Waals surface area (Å²) in [5.41, 5.74) is 0. The fraction of sp³-hybridized carbons (Fsp3) is 1.00. The van der Waals surface area contributed by atoms with Gasteiger partial charge in [0.05, 0.1) is 6.10 Å². The Hall–Kier alpha value is 0.870. The van der Waals surface area contributed by atoms with Crippen molar-refractivity contribution in [3.63, 3.8) is 0 Å². The third-order valence-electron chi connectivity index (χ3n) is 0.310. The zero-order chi connectivity index (χ0) is 6.78. The van der Waals surface area contributed by atoms with Crippen molar-refractivity contribution in [2.75, 3.05) is 0 Å². The molecule has 0 aliphatic rings. The Kier molecular flexibility index (Phi) is 6.48. The Morgan fingerprint density at radius 2 is 1.78 bits per heavy atom. The topological polar surface area (TPSA) is 66.4 Å². The Morgan fingerprint density at radius 3 is 1.78 bits per heavy atom.